The number of methoxy groups -OCH3 is 1. The first kappa shape index (κ1) is 17.4. The van der Waals surface area contributed by atoms with Crippen molar-refractivity contribution in [3.8, 4) is 0 Å². The average Bonchev–Trinajstić information content (AvgIpc) is 2.63. The van der Waals surface area contributed by atoms with Crippen LogP contribution in [-0.4, -0.2) is 46.0 Å². The Morgan fingerprint density at radius 3 is 2.80 bits per heavy atom. The lowest BCUT2D eigenvalue weighted by Gasteiger charge is -2.32. The van der Waals surface area contributed by atoms with Gasteiger partial charge in [0, 0.05) is 44.1 Å². The molecule has 25 heavy (non-hydrogen) atoms. The number of piperidine rings is 1. The zero-order valence-corrected chi connectivity index (χ0v) is 14.4. The number of carbonyl (C=O) groups excluding carboxylic acids is 1. The summed E-state index contributed by atoms with van der Waals surface area (Å²) < 4.78 is 19.0. The van der Waals surface area contributed by atoms with Crippen molar-refractivity contribution in [3.05, 3.63) is 53.1 Å². The van der Waals surface area contributed by atoms with Gasteiger partial charge in [-0.25, -0.2) is 14.4 Å². The van der Waals surface area contributed by atoms with Crippen molar-refractivity contribution in [2.45, 2.75) is 32.3 Å². The molecule has 3 rings (SSSR count). The number of likely N-dealkylation sites (tertiary alicyclic amines) is 1. The van der Waals surface area contributed by atoms with Crippen LogP contribution in [0.15, 0.2) is 24.7 Å². The molecule has 2 aromatic heterocycles. The molecule has 1 fully saturated rings. The summed E-state index contributed by atoms with van der Waals surface area (Å²) in [6.45, 7) is 3.48. The van der Waals surface area contributed by atoms with E-state index in [-0.39, 0.29) is 17.4 Å². The molecule has 0 aromatic carbocycles. The van der Waals surface area contributed by atoms with Crippen molar-refractivity contribution < 1.29 is 13.9 Å². The second-order valence-electron chi connectivity index (χ2n) is 6.18. The maximum atomic E-state index is 13.8. The molecule has 0 unspecified atom stereocenters. The number of aryl methyl sites for hydroxylation is 1. The van der Waals surface area contributed by atoms with Crippen molar-refractivity contribution in [2.24, 2.45) is 0 Å². The number of amides is 1. The standard InChI is InChI=1S/C18H21FN4O2/c1-12-21-9-14(11-25-2)17(22-12)13-4-7-23(8-5-13)18(24)15-3-6-20-10-16(15)19/h3,6,9-10,13H,4-5,7-8,11H2,1-2H3. The van der Waals surface area contributed by atoms with Crippen molar-refractivity contribution >= 4 is 5.91 Å². The van der Waals surface area contributed by atoms with Crippen molar-refractivity contribution in [2.75, 3.05) is 20.2 Å². The molecule has 6 nitrogen and oxygen atoms in total. The van der Waals surface area contributed by atoms with Gasteiger partial charge in [0.1, 0.15) is 5.82 Å². The highest BCUT2D eigenvalue weighted by molar-refractivity contribution is 5.94. The summed E-state index contributed by atoms with van der Waals surface area (Å²) in [6, 6.07) is 1.42. The van der Waals surface area contributed by atoms with Gasteiger partial charge in [0.2, 0.25) is 0 Å². The zero-order valence-electron chi connectivity index (χ0n) is 14.4. The molecular formula is C18H21FN4O2. The van der Waals surface area contributed by atoms with Crippen LogP contribution < -0.4 is 0 Å². The lowest BCUT2D eigenvalue weighted by molar-refractivity contribution is 0.0706. The number of carbonyl (C=O) groups is 1. The molecule has 3 heterocycles. The highest BCUT2D eigenvalue weighted by Crippen LogP contribution is 2.30. The summed E-state index contributed by atoms with van der Waals surface area (Å²) in [5, 5.41) is 0. The average molecular weight is 344 g/mol. The van der Waals surface area contributed by atoms with E-state index in [0.29, 0.717) is 19.7 Å². The number of halogens is 1. The predicted octanol–water partition coefficient (Wildman–Crippen LogP) is 2.49. The molecule has 0 aliphatic carbocycles. The number of nitrogens with zero attached hydrogens (tertiary/aromatic N) is 4. The van der Waals surface area contributed by atoms with Crippen LogP contribution in [0.3, 0.4) is 0 Å². The quantitative estimate of drug-likeness (QED) is 0.852. The molecule has 2 aromatic rings. The van der Waals surface area contributed by atoms with E-state index in [1.807, 2.05) is 13.1 Å². The van der Waals surface area contributed by atoms with E-state index in [4.69, 9.17) is 4.74 Å². The number of aromatic nitrogens is 3. The molecule has 132 valence electrons. The summed E-state index contributed by atoms with van der Waals surface area (Å²) in [7, 11) is 1.65. The SMILES string of the molecule is COCc1cnc(C)nc1C1CCN(C(=O)c2ccncc2F)CC1. The van der Waals surface area contributed by atoms with Crippen LogP contribution in [-0.2, 0) is 11.3 Å². The second-order valence-corrected chi connectivity index (χ2v) is 6.18. The Labute approximate surface area is 146 Å². The lowest BCUT2D eigenvalue weighted by atomic mass is 9.90. The van der Waals surface area contributed by atoms with E-state index in [0.717, 1.165) is 36.1 Å². The van der Waals surface area contributed by atoms with Gasteiger partial charge in [-0.15, -0.1) is 0 Å². The summed E-state index contributed by atoms with van der Waals surface area (Å²) in [6.07, 6.45) is 5.88. The molecule has 1 saturated heterocycles. The Balaban J connectivity index is 1.71. The Kier molecular flexibility index (Phi) is 5.33. The minimum absolute atomic E-state index is 0.0754. The van der Waals surface area contributed by atoms with Gasteiger partial charge >= 0.3 is 0 Å². The van der Waals surface area contributed by atoms with Crippen molar-refractivity contribution in [3.63, 3.8) is 0 Å². The lowest BCUT2D eigenvalue weighted by Crippen LogP contribution is -2.38. The minimum Gasteiger partial charge on any atom is -0.380 e. The van der Waals surface area contributed by atoms with E-state index in [2.05, 4.69) is 15.0 Å². The molecule has 7 heteroatoms. The highest BCUT2D eigenvalue weighted by atomic mass is 19.1. The summed E-state index contributed by atoms with van der Waals surface area (Å²) in [5.74, 6) is 0.114. The molecule has 0 saturated carbocycles. The number of hydrogen-bond donors (Lipinski definition) is 0. The number of ether oxygens (including phenoxy) is 1. The monoisotopic (exact) mass is 344 g/mol. The third kappa shape index (κ3) is 3.82. The molecule has 0 bridgehead atoms. The van der Waals surface area contributed by atoms with Crippen molar-refractivity contribution in [1.82, 2.24) is 19.9 Å². The first-order valence-electron chi connectivity index (χ1n) is 8.30. The predicted molar refractivity (Wildman–Crippen MR) is 89.6 cm³/mol. The van der Waals surface area contributed by atoms with Gasteiger partial charge in [-0.05, 0) is 25.8 Å². The first-order valence-corrected chi connectivity index (χ1v) is 8.30. The van der Waals surface area contributed by atoms with Gasteiger partial charge in [0.25, 0.3) is 5.91 Å². The van der Waals surface area contributed by atoms with E-state index in [9.17, 15) is 9.18 Å². The molecule has 1 aliphatic rings. The molecule has 1 aliphatic heterocycles. The fourth-order valence-corrected chi connectivity index (χ4v) is 3.21. The largest absolute Gasteiger partial charge is 0.380 e. The third-order valence-electron chi connectivity index (χ3n) is 4.49. The number of hydrogen-bond acceptors (Lipinski definition) is 5. The summed E-state index contributed by atoms with van der Waals surface area (Å²) in [5.41, 5.74) is 2.06. The molecule has 0 spiro atoms. The Morgan fingerprint density at radius 1 is 1.36 bits per heavy atom. The summed E-state index contributed by atoms with van der Waals surface area (Å²) >= 11 is 0. The van der Waals surface area contributed by atoms with Gasteiger partial charge in [-0.3, -0.25) is 9.78 Å². The van der Waals surface area contributed by atoms with Gasteiger partial charge in [-0.1, -0.05) is 0 Å². The van der Waals surface area contributed by atoms with Crippen LogP contribution in [0.5, 0.6) is 0 Å². The third-order valence-corrected chi connectivity index (χ3v) is 4.49. The summed E-state index contributed by atoms with van der Waals surface area (Å²) in [4.78, 5) is 26.7. The fraction of sp³-hybridized carbons (Fsp3) is 0.444. The van der Waals surface area contributed by atoms with E-state index < -0.39 is 5.82 Å². The van der Waals surface area contributed by atoms with E-state index >= 15 is 0 Å². The zero-order chi connectivity index (χ0) is 17.8. The molecular weight excluding hydrogens is 323 g/mol. The number of pyridine rings is 1. The van der Waals surface area contributed by atoms with Gasteiger partial charge in [0.05, 0.1) is 24.1 Å². The first-order chi connectivity index (χ1) is 12.1. The van der Waals surface area contributed by atoms with Crippen molar-refractivity contribution in [1.29, 1.82) is 0 Å². The van der Waals surface area contributed by atoms with Crippen LogP contribution in [0.4, 0.5) is 4.39 Å². The smallest absolute Gasteiger partial charge is 0.256 e. The van der Waals surface area contributed by atoms with Crippen LogP contribution in [0, 0.1) is 12.7 Å². The van der Waals surface area contributed by atoms with Crippen LogP contribution in [0.2, 0.25) is 0 Å². The highest BCUT2D eigenvalue weighted by Gasteiger charge is 2.28. The van der Waals surface area contributed by atoms with Crippen LogP contribution in [0.1, 0.15) is 46.2 Å². The van der Waals surface area contributed by atoms with E-state index in [1.54, 1.807) is 12.0 Å². The van der Waals surface area contributed by atoms with Gasteiger partial charge in [0.15, 0.2) is 5.82 Å². The second kappa shape index (κ2) is 7.65. The normalized spacial score (nSPS) is 15.4. The molecule has 0 N–H and O–H groups in total. The topological polar surface area (TPSA) is 68.2 Å². The van der Waals surface area contributed by atoms with E-state index in [1.165, 1.54) is 12.3 Å². The van der Waals surface area contributed by atoms with Gasteiger partial charge in [-0.2, -0.15) is 0 Å². The Bertz CT molecular complexity index is 760. The van der Waals surface area contributed by atoms with Gasteiger partial charge < -0.3 is 9.64 Å². The Morgan fingerprint density at radius 2 is 2.12 bits per heavy atom. The molecule has 0 atom stereocenters. The van der Waals surface area contributed by atoms with Crippen LogP contribution in [0.25, 0.3) is 0 Å². The Hall–Kier alpha value is -2.41. The maximum absolute atomic E-state index is 13.8. The molecule has 0 radical (unpaired) electrons. The fourth-order valence-electron chi connectivity index (χ4n) is 3.21. The van der Waals surface area contributed by atoms with Crippen LogP contribution >= 0.6 is 0 Å². The number of rotatable bonds is 4. The maximum Gasteiger partial charge on any atom is 0.256 e. The molecule has 1 amide bonds. The minimum atomic E-state index is -0.580.